The molecule has 2 fully saturated rings. The number of nitrogens with zero attached hydrogens (tertiary/aromatic N) is 2. The lowest BCUT2D eigenvalue weighted by Gasteiger charge is -2.37. The minimum atomic E-state index is -0.499. The molecule has 154 valence electrons. The van der Waals surface area contributed by atoms with Gasteiger partial charge in [0.1, 0.15) is 0 Å². The maximum absolute atomic E-state index is 12.7. The summed E-state index contributed by atoms with van der Waals surface area (Å²) in [6.07, 6.45) is 4.62. The Hall–Kier alpha value is -1.79. The van der Waals surface area contributed by atoms with Crippen molar-refractivity contribution in [3.63, 3.8) is 0 Å². The largest absolute Gasteiger partial charge is 0.465 e. The molecule has 0 bridgehead atoms. The van der Waals surface area contributed by atoms with Crippen molar-refractivity contribution in [1.29, 1.82) is 0 Å². The SMILES string of the molecule is COC(=O)c1ccc(Cl)cc1NC(=O)N1CCC(CN2CCC(C)CC2)CC1. The van der Waals surface area contributed by atoms with Gasteiger partial charge in [0.2, 0.25) is 0 Å². The third-order valence-corrected chi connectivity index (χ3v) is 6.16. The van der Waals surface area contributed by atoms with Crippen molar-refractivity contribution < 1.29 is 14.3 Å². The first-order valence-corrected chi connectivity index (χ1v) is 10.5. The van der Waals surface area contributed by atoms with Crippen LogP contribution in [0.3, 0.4) is 0 Å². The van der Waals surface area contributed by atoms with Crippen LogP contribution in [0.15, 0.2) is 18.2 Å². The number of hydrogen-bond acceptors (Lipinski definition) is 4. The molecule has 1 aromatic rings. The molecule has 0 unspecified atom stereocenters. The molecule has 2 amide bonds. The molecule has 28 heavy (non-hydrogen) atoms. The summed E-state index contributed by atoms with van der Waals surface area (Å²) in [6, 6.07) is 4.55. The fourth-order valence-electron chi connectivity index (χ4n) is 4.03. The number of rotatable bonds is 4. The maximum atomic E-state index is 12.7. The highest BCUT2D eigenvalue weighted by molar-refractivity contribution is 6.31. The van der Waals surface area contributed by atoms with E-state index in [2.05, 4.69) is 17.1 Å². The van der Waals surface area contributed by atoms with Gasteiger partial charge in [0.15, 0.2) is 0 Å². The van der Waals surface area contributed by atoms with Gasteiger partial charge in [0.25, 0.3) is 0 Å². The normalized spacial score (nSPS) is 19.5. The third kappa shape index (κ3) is 5.39. The van der Waals surface area contributed by atoms with Gasteiger partial charge in [-0.2, -0.15) is 0 Å². The molecule has 1 aromatic carbocycles. The highest BCUT2D eigenvalue weighted by atomic mass is 35.5. The van der Waals surface area contributed by atoms with Crippen LogP contribution in [0.1, 0.15) is 43.0 Å². The zero-order valence-corrected chi connectivity index (χ0v) is 17.5. The van der Waals surface area contributed by atoms with E-state index in [9.17, 15) is 9.59 Å². The van der Waals surface area contributed by atoms with Crippen molar-refractivity contribution >= 4 is 29.3 Å². The number of carbonyl (C=O) groups excluding carboxylic acids is 2. The molecular weight excluding hydrogens is 378 g/mol. The number of anilines is 1. The van der Waals surface area contributed by atoms with Crippen molar-refractivity contribution in [1.82, 2.24) is 9.80 Å². The summed E-state index contributed by atoms with van der Waals surface area (Å²) >= 11 is 6.03. The summed E-state index contributed by atoms with van der Waals surface area (Å²) in [6.45, 7) is 7.34. The highest BCUT2D eigenvalue weighted by Gasteiger charge is 2.26. The van der Waals surface area contributed by atoms with Crippen LogP contribution in [0.4, 0.5) is 10.5 Å². The van der Waals surface area contributed by atoms with E-state index in [1.54, 1.807) is 18.2 Å². The standard InChI is InChI=1S/C21H30ClN3O3/c1-15-5-9-24(10-6-15)14-16-7-11-25(12-8-16)21(27)23-19-13-17(22)3-4-18(19)20(26)28-2/h3-4,13,15-16H,5-12,14H2,1-2H3,(H,23,27). The number of piperidine rings is 2. The lowest BCUT2D eigenvalue weighted by molar-refractivity contribution is 0.0602. The Bertz CT molecular complexity index is 696. The van der Waals surface area contributed by atoms with Crippen molar-refractivity contribution in [2.45, 2.75) is 32.6 Å². The van der Waals surface area contributed by atoms with Crippen LogP contribution in [0.25, 0.3) is 0 Å². The van der Waals surface area contributed by atoms with Gasteiger partial charge in [-0.1, -0.05) is 18.5 Å². The molecule has 2 aliphatic rings. The van der Waals surface area contributed by atoms with Gasteiger partial charge in [0, 0.05) is 24.7 Å². The summed E-state index contributed by atoms with van der Waals surface area (Å²) in [5.41, 5.74) is 0.684. The number of urea groups is 1. The average molecular weight is 408 g/mol. The zero-order chi connectivity index (χ0) is 20.1. The number of amides is 2. The fraction of sp³-hybridized carbons (Fsp3) is 0.619. The minimum Gasteiger partial charge on any atom is -0.465 e. The molecule has 3 rings (SSSR count). The predicted octanol–water partition coefficient (Wildman–Crippen LogP) is 4.10. The second-order valence-corrected chi connectivity index (χ2v) is 8.46. The lowest BCUT2D eigenvalue weighted by atomic mass is 9.93. The average Bonchev–Trinajstić information content (AvgIpc) is 2.70. The smallest absolute Gasteiger partial charge is 0.339 e. The van der Waals surface area contributed by atoms with Gasteiger partial charge in [-0.15, -0.1) is 0 Å². The topological polar surface area (TPSA) is 61.9 Å². The maximum Gasteiger partial charge on any atom is 0.339 e. The quantitative estimate of drug-likeness (QED) is 0.763. The minimum absolute atomic E-state index is 0.197. The summed E-state index contributed by atoms with van der Waals surface area (Å²) in [7, 11) is 1.32. The number of benzene rings is 1. The molecule has 2 aliphatic heterocycles. The van der Waals surface area contributed by atoms with E-state index >= 15 is 0 Å². The van der Waals surface area contributed by atoms with E-state index in [4.69, 9.17) is 16.3 Å². The zero-order valence-electron chi connectivity index (χ0n) is 16.7. The molecule has 0 radical (unpaired) electrons. The first-order chi connectivity index (χ1) is 13.5. The Labute approximate surface area is 172 Å². The van der Waals surface area contributed by atoms with E-state index in [0.717, 1.165) is 38.4 Å². The molecule has 6 nitrogen and oxygen atoms in total. The second kappa shape index (κ2) is 9.61. The van der Waals surface area contributed by atoms with Crippen LogP contribution in [0.2, 0.25) is 5.02 Å². The Balaban J connectivity index is 1.52. The van der Waals surface area contributed by atoms with E-state index in [1.165, 1.54) is 33.0 Å². The Morgan fingerprint density at radius 2 is 1.82 bits per heavy atom. The van der Waals surface area contributed by atoms with Gasteiger partial charge in [0.05, 0.1) is 18.4 Å². The van der Waals surface area contributed by atoms with Gasteiger partial charge < -0.3 is 19.9 Å². The molecule has 1 N–H and O–H groups in total. The van der Waals surface area contributed by atoms with E-state index < -0.39 is 5.97 Å². The van der Waals surface area contributed by atoms with Gasteiger partial charge in [-0.25, -0.2) is 9.59 Å². The second-order valence-electron chi connectivity index (χ2n) is 8.03. The number of ether oxygens (including phenoxy) is 1. The van der Waals surface area contributed by atoms with Crippen LogP contribution in [-0.4, -0.2) is 61.6 Å². The van der Waals surface area contributed by atoms with Crippen molar-refractivity contribution in [2.75, 3.05) is 45.2 Å². The van der Waals surface area contributed by atoms with Gasteiger partial charge in [-0.05, 0) is 68.8 Å². The molecule has 0 aliphatic carbocycles. The Morgan fingerprint density at radius 1 is 1.14 bits per heavy atom. The Morgan fingerprint density at radius 3 is 2.46 bits per heavy atom. The van der Waals surface area contributed by atoms with Gasteiger partial charge in [-0.3, -0.25) is 0 Å². The molecule has 7 heteroatoms. The molecular formula is C21H30ClN3O3. The number of methoxy groups -OCH3 is 1. The van der Waals surface area contributed by atoms with Crippen LogP contribution in [-0.2, 0) is 4.74 Å². The van der Waals surface area contributed by atoms with Crippen LogP contribution < -0.4 is 5.32 Å². The monoisotopic (exact) mass is 407 g/mol. The van der Waals surface area contributed by atoms with Crippen molar-refractivity contribution in [3.05, 3.63) is 28.8 Å². The molecule has 2 heterocycles. The van der Waals surface area contributed by atoms with E-state index in [0.29, 0.717) is 22.2 Å². The van der Waals surface area contributed by atoms with E-state index in [-0.39, 0.29) is 6.03 Å². The first kappa shape index (κ1) is 20.9. The number of likely N-dealkylation sites (tertiary alicyclic amines) is 2. The molecule has 0 atom stereocenters. The predicted molar refractivity (Wildman–Crippen MR) is 111 cm³/mol. The number of hydrogen-bond donors (Lipinski definition) is 1. The fourth-order valence-corrected chi connectivity index (χ4v) is 4.20. The summed E-state index contributed by atoms with van der Waals surface area (Å²) in [4.78, 5) is 29.0. The van der Waals surface area contributed by atoms with Crippen LogP contribution in [0, 0.1) is 11.8 Å². The summed E-state index contributed by atoms with van der Waals surface area (Å²) in [5.74, 6) is 0.999. The van der Waals surface area contributed by atoms with Crippen LogP contribution in [0.5, 0.6) is 0 Å². The number of halogens is 1. The number of carbonyl (C=O) groups is 2. The number of esters is 1. The lowest BCUT2D eigenvalue weighted by Crippen LogP contribution is -2.44. The van der Waals surface area contributed by atoms with Gasteiger partial charge >= 0.3 is 12.0 Å². The molecule has 0 aromatic heterocycles. The first-order valence-electron chi connectivity index (χ1n) is 10.1. The van der Waals surface area contributed by atoms with Crippen molar-refractivity contribution in [3.8, 4) is 0 Å². The highest BCUT2D eigenvalue weighted by Crippen LogP contribution is 2.25. The van der Waals surface area contributed by atoms with Crippen molar-refractivity contribution in [2.24, 2.45) is 11.8 Å². The third-order valence-electron chi connectivity index (χ3n) is 5.92. The molecule has 0 spiro atoms. The summed E-state index contributed by atoms with van der Waals surface area (Å²) in [5, 5.41) is 3.28. The number of nitrogens with one attached hydrogen (secondary N) is 1. The Kier molecular flexibility index (Phi) is 7.18. The van der Waals surface area contributed by atoms with Crippen LogP contribution >= 0.6 is 11.6 Å². The van der Waals surface area contributed by atoms with E-state index in [1.807, 2.05) is 4.90 Å². The molecule has 2 saturated heterocycles. The summed E-state index contributed by atoms with van der Waals surface area (Å²) < 4.78 is 4.79. The molecule has 0 saturated carbocycles.